The average Bonchev–Trinajstić information content (AvgIpc) is 2.96. The van der Waals surface area contributed by atoms with Gasteiger partial charge in [0.1, 0.15) is 5.75 Å². The van der Waals surface area contributed by atoms with Gasteiger partial charge in [0.25, 0.3) is 0 Å². The zero-order chi connectivity index (χ0) is 18.8. The van der Waals surface area contributed by atoms with E-state index in [0.717, 1.165) is 5.69 Å². The Labute approximate surface area is 153 Å². The van der Waals surface area contributed by atoms with Gasteiger partial charge in [0, 0.05) is 18.8 Å². The standard InChI is InChI=1S/C17H20N2O5S2/c1-24-14-5-7-15(8-6-14)26(22,23)17-12-25(20,21)11-16(17)19-10-13-4-2-3-9-18-13/h2-9,16-17,19H,10-12H2,1H3/t16-,17-/m1/s1. The molecule has 1 aliphatic heterocycles. The van der Waals surface area contributed by atoms with E-state index in [2.05, 4.69) is 10.3 Å². The first kappa shape index (κ1) is 18.8. The van der Waals surface area contributed by atoms with Gasteiger partial charge in [0.05, 0.1) is 34.5 Å². The Morgan fingerprint density at radius 2 is 1.88 bits per heavy atom. The molecule has 0 radical (unpaired) electrons. The van der Waals surface area contributed by atoms with E-state index in [0.29, 0.717) is 12.3 Å². The number of nitrogens with zero attached hydrogens (tertiary/aromatic N) is 1. The van der Waals surface area contributed by atoms with Crippen molar-refractivity contribution in [2.75, 3.05) is 18.6 Å². The van der Waals surface area contributed by atoms with E-state index in [-0.39, 0.29) is 16.4 Å². The van der Waals surface area contributed by atoms with Crippen LogP contribution in [-0.2, 0) is 26.2 Å². The molecular weight excluding hydrogens is 376 g/mol. The molecule has 1 N–H and O–H groups in total. The summed E-state index contributed by atoms with van der Waals surface area (Å²) in [5, 5.41) is 2.02. The van der Waals surface area contributed by atoms with Crippen LogP contribution in [0.2, 0.25) is 0 Å². The lowest BCUT2D eigenvalue weighted by atomic mass is 10.2. The minimum atomic E-state index is -3.81. The molecule has 2 aromatic rings. The predicted octanol–water partition coefficient (Wildman–Crippen LogP) is 0.819. The quantitative estimate of drug-likeness (QED) is 0.771. The molecule has 7 nitrogen and oxygen atoms in total. The molecule has 1 aromatic heterocycles. The van der Waals surface area contributed by atoms with Gasteiger partial charge in [0.2, 0.25) is 0 Å². The molecule has 0 amide bonds. The summed E-state index contributed by atoms with van der Waals surface area (Å²) in [6.07, 6.45) is 1.63. The first-order valence-electron chi connectivity index (χ1n) is 8.03. The third kappa shape index (κ3) is 4.05. The maximum Gasteiger partial charge on any atom is 0.183 e. The fraction of sp³-hybridized carbons (Fsp3) is 0.353. The first-order valence-corrected chi connectivity index (χ1v) is 11.4. The van der Waals surface area contributed by atoms with Gasteiger partial charge in [-0.05, 0) is 36.4 Å². The van der Waals surface area contributed by atoms with Crippen LogP contribution in [0, 0.1) is 0 Å². The van der Waals surface area contributed by atoms with Crippen LogP contribution in [0.1, 0.15) is 5.69 Å². The van der Waals surface area contributed by atoms with Crippen LogP contribution in [0.4, 0.5) is 0 Å². The van der Waals surface area contributed by atoms with E-state index in [4.69, 9.17) is 4.74 Å². The van der Waals surface area contributed by atoms with Crippen molar-refractivity contribution in [3.63, 3.8) is 0 Å². The van der Waals surface area contributed by atoms with Gasteiger partial charge in [-0.15, -0.1) is 0 Å². The number of nitrogens with one attached hydrogen (secondary N) is 1. The fourth-order valence-corrected chi connectivity index (χ4v) is 7.71. The molecule has 0 bridgehead atoms. The summed E-state index contributed by atoms with van der Waals surface area (Å²) >= 11 is 0. The molecular formula is C17H20N2O5S2. The van der Waals surface area contributed by atoms with Crippen molar-refractivity contribution >= 4 is 19.7 Å². The number of hydrogen-bond donors (Lipinski definition) is 1. The topological polar surface area (TPSA) is 102 Å². The summed E-state index contributed by atoms with van der Waals surface area (Å²) in [6.45, 7) is 0.301. The van der Waals surface area contributed by atoms with Crippen LogP contribution >= 0.6 is 0 Å². The van der Waals surface area contributed by atoms with Crippen molar-refractivity contribution in [2.45, 2.75) is 22.7 Å². The number of hydrogen-bond acceptors (Lipinski definition) is 7. The van der Waals surface area contributed by atoms with E-state index in [9.17, 15) is 16.8 Å². The molecule has 0 aliphatic carbocycles. The van der Waals surface area contributed by atoms with Crippen LogP contribution in [0.15, 0.2) is 53.6 Å². The van der Waals surface area contributed by atoms with Gasteiger partial charge in [-0.1, -0.05) is 6.07 Å². The Bertz CT molecular complexity index is 958. The minimum absolute atomic E-state index is 0.0880. The van der Waals surface area contributed by atoms with Crippen LogP contribution in [0.3, 0.4) is 0 Å². The molecule has 0 spiro atoms. The summed E-state index contributed by atoms with van der Waals surface area (Å²) in [6, 6.07) is 10.7. The monoisotopic (exact) mass is 396 g/mol. The third-order valence-corrected chi connectivity index (χ3v) is 8.53. The molecule has 2 heterocycles. The normalized spacial score (nSPS) is 22.2. The zero-order valence-corrected chi connectivity index (χ0v) is 15.8. The van der Waals surface area contributed by atoms with Crippen molar-refractivity contribution < 1.29 is 21.6 Å². The molecule has 1 aromatic carbocycles. The molecule has 1 aliphatic rings. The summed E-state index contributed by atoms with van der Waals surface area (Å²) in [5.41, 5.74) is 0.720. The smallest absolute Gasteiger partial charge is 0.183 e. The average molecular weight is 396 g/mol. The van der Waals surface area contributed by atoms with E-state index in [1.54, 1.807) is 30.5 Å². The van der Waals surface area contributed by atoms with Gasteiger partial charge in [0.15, 0.2) is 19.7 Å². The zero-order valence-electron chi connectivity index (χ0n) is 14.2. The lowest BCUT2D eigenvalue weighted by molar-refractivity contribution is 0.414. The SMILES string of the molecule is COc1ccc(S(=O)(=O)[C@@H]2CS(=O)(=O)C[C@H]2NCc2ccccn2)cc1. The van der Waals surface area contributed by atoms with Crippen LogP contribution < -0.4 is 10.1 Å². The van der Waals surface area contributed by atoms with Crippen LogP contribution in [0.5, 0.6) is 5.75 Å². The van der Waals surface area contributed by atoms with E-state index in [1.807, 2.05) is 6.07 Å². The Morgan fingerprint density at radius 1 is 1.15 bits per heavy atom. The number of methoxy groups -OCH3 is 1. The predicted molar refractivity (Wildman–Crippen MR) is 97.5 cm³/mol. The van der Waals surface area contributed by atoms with Gasteiger partial charge in [-0.25, -0.2) is 16.8 Å². The Morgan fingerprint density at radius 3 is 2.50 bits per heavy atom. The van der Waals surface area contributed by atoms with Gasteiger partial charge >= 0.3 is 0 Å². The summed E-state index contributed by atoms with van der Waals surface area (Å²) in [7, 11) is -5.75. The number of rotatable bonds is 6. The van der Waals surface area contributed by atoms with Crippen molar-refractivity contribution in [2.24, 2.45) is 0 Å². The molecule has 9 heteroatoms. The summed E-state index contributed by atoms with van der Waals surface area (Å²) in [5.74, 6) is -0.0611. The van der Waals surface area contributed by atoms with Crippen LogP contribution in [0.25, 0.3) is 0 Å². The maximum absolute atomic E-state index is 13.0. The van der Waals surface area contributed by atoms with E-state index >= 15 is 0 Å². The highest BCUT2D eigenvalue weighted by Crippen LogP contribution is 2.27. The number of ether oxygens (including phenoxy) is 1. The van der Waals surface area contributed by atoms with Gasteiger partial charge in [-0.3, -0.25) is 4.98 Å². The second kappa shape index (κ2) is 7.34. The van der Waals surface area contributed by atoms with Crippen molar-refractivity contribution in [1.29, 1.82) is 0 Å². The summed E-state index contributed by atoms with van der Waals surface area (Å²) < 4.78 is 55.2. The lowest BCUT2D eigenvalue weighted by Gasteiger charge is -2.20. The van der Waals surface area contributed by atoms with Crippen molar-refractivity contribution in [3.8, 4) is 5.75 Å². The number of aromatic nitrogens is 1. The van der Waals surface area contributed by atoms with Gasteiger partial charge < -0.3 is 10.1 Å². The second-order valence-electron chi connectivity index (χ2n) is 6.14. The highest BCUT2D eigenvalue weighted by molar-refractivity contribution is 7.96. The minimum Gasteiger partial charge on any atom is -0.497 e. The third-order valence-electron chi connectivity index (χ3n) is 4.36. The molecule has 1 fully saturated rings. The molecule has 0 saturated carbocycles. The molecule has 1 saturated heterocycles. The molecule has 2 atom stereocenters. The Hall–Kier alpha value is -1.97. The van der Waals surface area contributed by atoms with E-state index < -0.39 is 31.0 Å². The van der Waals surface area contributed by atoms with Crippen molar-refractivity contribution in [1.82, 2.24) is 10.3 Å². The number of benzene rings is 1. The molecule has 3 rings (SSSR count). The number of sulfone groups is 2. The molecule has 0 unspecified atom stereocenters. The summed E-state index contributed by atoms with van der Waals surface area (Å²) in [4.78, 5) is 4.25. The Kier molecular flexibility index (Phi) is 5.31. The Balaban J connectivity index is 1.84. The number of pyridine rings is 1. The molecule has 26 heavy (non-hydrogen) atoms. The van der Waals surface area contributed by atoms with Crippen molar-refractivity contribution in [3.05, 3.63) is 54.4 Å². The largest absolute Gasteiger partial charge is 0.497 e. The fourth-order valence-electron chi connectivity index (χ4n) is 2.99. The second-order valence-corrected chi connectivity index (χ2v) is 10.5. The first-order chi connectivity index (χ1) is 12.3. The molecule has 140 valence electrons. The van der Waals surface area contributed by atoms with E-state index in [1.165, 1.54) is 19.2 Å². The van der Waals surface area contributed by atoms with Crippen LogP contribution in [-0.4, -0.2) is 51.7 Å². The lowest BCUT2D eigenvalue weighted by Crippen LogP contribution is -2.43. The van der Waals surface area contributed by atoms with Gasteiger partial charge in [-0.2, -0.15) is 0 Å². The highest BCUT2D eigenvalue weighted by atomic mass is 32.2. The highest BCUT2D eigenvalue weighted by Gasteiger charge is 2.45. The maximum atomic E-state index is 13.0.